The highest BCUT2D eigenvalue weighted by atomic mass is 79.9. The molecule has 1 amide bonds. The Hall–Kier alpha value is -3.58. The van der Waals surface area contributed by atoms with Gasteiger partial charge in [-0.2, -0.15) is 0 Å². The number of para-hydroxylation sites is 1. The number of halogens is 1. The molecule has 1 aromatic heterocycles. The topological polar surface area (TPSA) is 80.0 Å². The average Bonchev–Trinajstić information content (AvgIpc) is 3.08. The van der Waals surface area contributed by atoms with E-state index in [2.05, 4.69) is 15.9 Å². The third kappa shape index (κ3) is 3.17. The lowest BCUT2D eigenvalue weighted by Crippen LogP contribution is -2.29. The number of ether oxygens (including phenoxy) is 1. The van der Waals surface area contributed by atoms with Crippen LogP contribution in [-0.2, 0) is 6.54 Å². The highest BCUT2D eigenvalue weighted by Crippen LogP contribution is 2.44. The van der Waals surface area contributed by atoms with Gasteiger partial charge in [0.1, 0.15) is 5.58 Å². The summed E-state index contributed by atoms with van der Waals surface area (Å²) in [6.07, 6.45) is 0. The van der Waals surface area contributed by atoms with Gasteiger partial charge in [0.2, 0.25) is 5.76 Å². The summed E-state index contributed by atoms with van der Waals surface area (Å²) in [6.45, 7) is 0.283. The zero-order chi connectivity index (χ0) is 22.4. The number of phenols is 1. The second-order valence-electron chi connectivity index (χ2n) is 7.54. The van der Waals surface area contributed by atoms with Crippen molar-refractivity contribution in [2.24, 2.45) is 0 Å². The number of aromatic hydroxyl groups is 1. The van der Waals surface area contributed by atoms with Crippen LogP contribution in [0.5, 0.6) is 11.5 Å². The number of benzene rings is 3. The van der Waals surface area contributed by atoms with Gasteiger partial charge in [-0.1, -0.05) is 42.5 Å². The van der Waals surface area contributed by atoms with Gasteiger partial charge in [-0.3, -0.25) is 9.59 Å². The molecule has 7 heteroatoms. The number of methoxy groups -OCH3 is 1. The van der Waals surface area contributed by atoms with Crippen LogP contribution in [0.1, 0.15) is 33.3 Å². The molecule has 1 aliphatic heterocycles. The quantitative estimate of drug-likeness (QED) is 0.433. The molecule has 6 nitrogen and oxygen atoms in total. The van der Waals surface area contributed by atoms with Crippen molar-refractivity contribution >= 4 is 32.8 Å². The molecule has 2 heterocycles. The Morgan fingerprint density at radius 1 is 1.06 bits per heavy atom. The van der Waals surface area contributed by atoms with Gasteiger partial charge >= 0.3 is 0 Å². The summed E-state index contributed by atoms with van der Waals surface area (Å²) in [5.74, 6) is -0.140. The minimum Gasteiger partial charge on any atom is -0.503 e. The predicted molar refractivity (Wildman–Crippen MR) is 123 cm³/mol. The molecule has 1 N–H and O–H groups in total. The monoisotopic (exact) mass is 491 g/mol. The molecule has 1 aliphatic rings. The first kappa shape index (κ1) is 20.3. The van der Waals surface area contributed by atoms with Gasteiger partial charge in [-0.05, 0) is 51.3 Å². The molecule has 4 aromatic rings. The molecule has 0 radical (unpaired) electrons. The van der Waals surface area contributed by atoms with Crippen LogP contribution >= 0.6 is 15.9 Å². The van der Waals surface area contributed by atoms with Gasteiger partial charge < -0.3 is 19.2 Å². The molecule has 0 aliphatic carbocycles. The number of carbonyl (C=O) groups is 1. The largest absolute Gasteiger partial charge is 0.503 e. The number of phenolic OH excluding ortho intramolecular Hbond substituents is 1. The van der Waals surface area contributed by atoms with Gasteiger partial charge in [-0.15, -0.1) is 0 Å². The summed E-state index contributed by atoms with van der Waals surface area (Å²) in [4.78, 5) is 28.6. The summed E-state index contributed by atoms with van der Waals surface area (Å²) in [5.41, 5.74) is 1.94. The van der Waals surface area contributed by atoms with E-state index in [1.54, 1.807) is 41.3 Å². The molecule has 1 atom stereocenters. The summed E-state index contributed by atoms with van der Waals surface area (Å²) in [5, 5.41) is 10.7. The summed E-state index contributed by atoms with van der Waals surface area (Å²) >= 11 is 3.35. The number of amides is 1. The molecule has 0 unspecified atom stereocenters. The lowest BCUT2D eigenvalue weighted by Gasteiger charge is -2.26. The van der Waals surface area contributed by atoms with E-state index in [1.807, 2.05) is 30.3 Å². The first-order valence-corrected chi connectivity index (χ1v) is 10.8. The minimum atomic E-state index is -0.704. The van der Waals surface area contributed by atoms with E-state index >= 15 is 0 Å². The smallest absolute Gasteiger partial charge is 0.291 e. The number of hydrogen-bond acceptors (Lipinski definition) is 5. The third-order valence-corrected chi connectivity index (χ3v) is 6.26. The van der Waals surface area contributed by atoms with Crippen LogP contribution in [0.2, 0.25) is 0 Å². The first-order valence-electron chi connectivity index (χ1n) is 9.96. The van der Waals surface area contributed by atoms with Crippen LogP contribution in [-0.4, -0.2) is 23.0 Å². The standard InChI is InChI=1S/C25H18BrNO5/c1-31-19-12-15(11-17(26)23(19)29)21-20-22(28)16-9-5-6-10-18(16)32-24(20)25(30)27(21)13-14-7-3-2-4-8-14/h2-12,21,29H,13H2,1H3/t21-/m1/s1. The maximum atomic E-state index is 13.5. The van der Waals surface area contributed by atoms with Crippen molar-refractivity contribution in [3.63, 3.8) is 0 Å². The molecule has 0 saturated carbocycles. The van der Waals surface area contributed by atoms with Crippen molar-refractivity contribution in [2.45, 2.75) is 12.6 Å². The Kier molecular flexibility index (Phi) is 4.98. The highest BCUT2D eigenvalue weighted by Gasteiger charge is 2.43. The Labute approximate surface area is 191 Å². The van der Waals surface area contributed by atoms with Crippen molar-refractivity contribution in [3.8, 4) is 11.5 Å². The molecule has 5 rings (SSSR count). The van der Waals surface area contributed by atoms with E-state index in [0.29, 0.717) is 21.0 Å². The molecule has 32 heavy (non-hydrogen) atoms. The van der Waals surface area contributed by atoms with Crippen LogP contribution in [0.25, 0.3) is 11.0 Å². The molecular weight excluding hydrogens is 474 g/mol. The van der Waals surface area contributed by atoms with E-state index < -0.39 is 6.04 Å². The fourth-order valence-electron chi connectivity index (χ4n) is 4.16. The Morgan fingerprint density at radius 2 is 1.78 bits per heavy atom. The molecule has 3 aromatic carbocycles. The van der Waals surface area contributed by atoms with Gasteiger partial charge in [-0.25, -0.2) is 0 Å². The molecule has 160 valence electrons. The van der Waals surface area contributed by atoms with Gasteiger partial charge in [0.15, 0.2) is 16.9 Å². The fourth-order valence-corrected chi connectivity index (χ4v) is 4.62. The molecule has 0 saturated heterocycles. The summed E-state index contributed by atoms with van der Waals surface area (Å²) in [7, 11) is 1.45. The van der Waals surface area contributed by atoms with Gasteiger partial charge in [0.05, 0.1) is 28.6 Å². The van der Waals surface area contributed by atoms with Crippen LogP contribution in [0.3, 0.4) is 0 Å². The Morgan fingerprint density at radius 3 is 2.53 bits per heavy atom. The van der Waals surface area contributed by atoms with Crippen molar-refractivity contribution in [1.29, 1.82) is 0 Å². The maximum absolute atomic E-state index is 13.5. The second-order valence-corrected chi connectivity index (χ2v) is 8.40. The number of rotatable bonds is 4. The predicted octanol–water partition coefficient (Wildman–Crippen LogP) is 5.02. The molecule has 0 spiro atoms. The lowest BCUT2D eigenvalue weighted by atomic mass is 9.97. The second kappa shape index (κ2) is 7.84. The number of carbonyl (C=O) groups excluding carboxylic acids is 1. The van der Waals surface area contributed by atoms with Gasteiger partial charge in [0, 0.05) is 6.54 Å². The minimum absolute atomic E-state index is 0.0396. The maximum Gasteiger partial charge on any atom is 0.291 e. The highest BCUT2D eigenvalue weighted by molar-refractivity contribution is 9.10. The number of hydrogen-bond donors (Lipinski definition) is 1. The number of nitrogens with zero attached hydrogens (tertiary/aromatic N) is 1. The van der Waals surface area contributed by atoms with E-state index in [4.69, 9.17) is 9.15 Å². The molecule has 0 bridgehead atoms. The first-order chi connectivity index (χ1) is 15.5. The van der Waals surface area contributed by atoms with Crippen molar-refractivity contribution in [1.82, 2.24) is 4.90 Å². The van der Waals surface area contributed by atoms with Crippen LogP contribution < -0.4 is 10.2 Å². The molecular formula is C25H18BrNO5. The SMILES string of the molecule is COc1cc([C@@H]2c3c(oc4ccccc4c3=O)C(=O)N2Cc2ccccc2)cc(Br)c1O. The number of fused-ring (bicyclic) bond motifs is 2. The Bertz CT molecular complexity index is 1410. The third-order valence-electron chi connectivity index (χ3n) is 5.66. The van der Waals surface area contributed by atoms with Crippen LogP contribution in [0, 0.1) is 0 Å². The normalized spacial score (nSPS) is 15.2. The summed E-state index contributed by atoms with van der Waals surface area (Å²) < 4.78 is 11.7. The van der Waals surface area contributed by atoms with E-state index in [0.717, 1.165) is 5.56 Å². The van der Waals surface area contributed by atoms with Crippen LogP contribution in [0.4, 0.5) is 0 Å². The average molecular weight is 492 g/mol. The van der Waals surface area contributed by atoms with Crippen molar-refractivity contribution in [3.05, 3.63) is 104 Å². The van der Waals surface area contributed by atoms with Gasteiger partial charge in [0.25, 0.3) is 5.91 Å². The van der Waals surface area contributed by atoms with E-state index in [9.17, 15) is 14.7 Å². The van der Waals surface area contributed by atoms with E-state index in [1.165, 1.54) is 7.11 Å². The zero-order valence-corrected chi connectivity index (χ0v) is 18.6. The zero-order valence-electron chi connectivity index (χ0n) is 17.0. The van der Waals surface area contributed by atoms with Crippen molar-refractivity contribution < 1.29 is 19.1 Å². The lowest BCUT2D eigenvalue weighted by molar-refractivity contribution is 0.0714. The fraction of sp³-hybridized carbons (Fsp3) is 0.120. The van der Waals surface area contributed by atoms with Crippen molar-refractivity contribution in [2.75, 3.05) is 7.11 Å². The Balaban J connectivity index is 1.76. The summed E-state index contributed by atoms with van der Waals surface area (Å²) in [6, 6.07) is 19.1. The van der Waals surface area contributed by atoms with E-state index in [-0.39, 0.29) is 40.7 Å². The van der Waals surface area contributed by atoms with Crippen LogP contribution in [0.15, 0.2) is 80.4 Å². The molecule has 0 fully saturated rings.